The summed E-state index contributed by atoms with van der Waals surface area (Å²) in [6, 6.07) is 3.10. The van der Waals surface area contributed by atoms with Gasteiger partial charge < -0.3 is 14.5 Å². The zero-order chi connectivity index (χ0) is 12.7. The van der Waals surface area contributed by atoms with Crippen LogP contribution in [0.4, 0.5) is 11.5 Å². The second-order valence-electron chi connectivity index (χ2n) is 3.31. The second kappa shape index (κ2) is 3.52. The number of amides is 1. The minimum Gasteiger partial charge on any atom is -0.459 e. The summed E-state index contributed by atoms with van der Waals surface area (Å²) < 4.78 is 5.03. The van der Waals surface area contributed by atoms with E-state index in [9.17, 15) is 14.9 Å². The van der Waals surface area contributed by atoms with E-state index < -0.39 is 16.6 Å². The first-order valence-corrected chi connectivity index (χ1v) is 4.73. The average Bonchev–Trinajstić information content (AvgIpc) is 2.98. The fraction of sp³-hybridized carbons (Fsp3) is 0. The Balaban J connectivity index is 2.27. The maximum atomic E-state index is 11.4. The first-order chi connectivity index (χ1) is 8.66. The summed E-state index contributed by atoms with van der Waals surface area (Å²) in [6.07, 6.45) is 1.37. The molecule has 2 aromatic rings. The van der Waals surface area contributed by atoms with Crippen molar-refractivity contribution in [3.8, 4) is 11.6 Å². The lowest BCUT2D eigenvalue weighted by Crippen LogP contribution is -2.02. The largest absolute Gasteiger partial charge is 0.459 e. The van der Waals surface area contributed by atoms with Crippen LogP contribution in [0.5, 0.6) is 0 Å². The Morgan fingerprint density at radius 3 is 2.78 bits per heavy atom. The van der Waals surface area contributed by atoms with Crippen LogP contribution < -0.4 is 0 Å². The Kier molecular flexibility index (Phi) is 1.99. The van der Waals surface area contributed by atoms with Crippen molar-refractivity contribution in [1.82, 2.24) is 9.97 Å². The number of hydrogen-bond donors (Lipinski definition) is 0. The summed E-state index contributed by atoms with van der Waals surface area (Å²) in [6.45, 7) is 0. The Hall–Kier alpha value is -2.97. The molecule has 0 radical (unpaired) electrons. The molecule has 0 unspecified atom stereocenters. The van der Waals surface area contributed by atoms with E-state index in [0.717, 1.165) is 0 Å². The van der Waals surface area contributed by atoms with E-state index in [1.54, 1.807) is 6.07 Å². The highest BCUT2D eigenvalue weighted by molar-refractivity contribution is 6.01. The van der Waals surface area contributed by atoms with Gasteiger partial charge in [-0.05, 0) is 22.0 Å². The van der Waals surface area contributed by atoms with Gasteiger partial charge in [0.2, 0.25) is 5.69 Å². The number of aromatic nitrogens is 2. The Bertz CT molecular complexity index is 691. The van der Waals surface area contributed by atoms with Crippen molar-refractivity contribution in [2.24, 2.45) is 10.2 Å². The van der Waals surface area contributed by atoms with Gasteiger partial charge in [0, 0.05) is 0 Å². The molecule has 2 aromatic heterocycles. The van der Waals surface area contributed by atoms with Gasteiger partial charge in [-0.25, -0.2) is 0 Å². The van der Waals surface area contributed by atoms with Crippen LogP contribution in [0.3, 0.4) is 0 Å². The Morgan fingerprint density at radius 1 is 1.28 bits per heavy atom. The van der Waals surface area contributed by atoms with Crippen LogP contribution in [0.1, 0.15) is 10.5 Å². The van der Waals surface area contributed by atoms with Crippen LogP contribution in [-0.2, 0) is 0 Å². The molecule has 0 spiro atoms. The van der Waals surface area contributed by atoms with E-state index in [-0.39, 0.29) is 23.0 Å². The van der Waals surface area contributed by atoms with Crippen molar-refractivity contribution in [2.75, 3.05) is 0 Å². The van der Waals surface area contributed by atoms with Gasteiger partial charge in [0.15, 0.2) is 11.5 Å². The highest BCUT2D eigenvalue weighted by atomic mass is 16.6. The highest BCUT2D eigenvalue weighted by Gasteiger charge is 2.33. The van der Waals surface area contributed by atoms with Crippen molar-refractivity contribution in [2.45, 2.75) is 0 Å². The van der Waals surface area contributed by atoms with Crippen LogP contribution in [0.15, 0.2) is 33.0 Å². The molecule has 0 saturated heterocycles. The van der Waals surface area contributed by atoms with Crippen molar-refractivity contribution in [3.63, 3.8) is 0 Å². The summed E-state index contributed by atoms with van der Waals surface area (Å²) >= 11 is 0. The first kappa shape index (κ1) is 10.2. The lowest BCUT2D eigenvalue weighted by atomic mass is 10.3. The number of hydrogen-bond acceptors (Lipinski definition) is 7. The fourth-order valence-corrected chi connectivity index (χ4v) is 1.47. The summed E-state index contributed by atoms with van der Waals surface area (Å²) in [5, 5.41) is 17.5. The molecule has 0 aliphatic carbocycles. The van der Waals surface area contributed by atoms with E-state index in [4.69, 9.17) is 4.42 Å². The van der Waals surface area contributed by atoms with Crippen molar-refractivity contribution in [1.29, 1.82) is 0 Å². The topological polar surface area (TPSA) is 124 Å². The van der Waals surface area contributed by atoms with Crippen LogP contribution in [-0.4, -0.2) is 20.8 Å². The second-order valence-corrected chi connectivity index (χ2v) is 3.31. The number of nitro groups is 1. The van der Waals surface area contributed by atoms with Crippen molar-refractivity contribution < 1.29 is 14.1 Å². The Labute approximate surface area is 98.3 Å². The molecule has 18 heavy (non-hydrogen) atoms. The standard InChI is InChI=1S/C9H3N5O4/c15-9-6-5(12-13-9)8(14(16)17)11-7(10-6)4-2-1-3-18-4/h1-3H. The Morgan fingerprint density at radius 2 is 2.11 bits per heavy atom. The molecule has 1 amide bonds. The smallest absolute Gasteiger partial charge is 0.396 e. The quantitative estimate of drug-likeness (QED) is 0.587. The van der Waals surface area contributed by atoms with Crippen molar-refractivity contribution in [3.05, 3.63) is 34.2 Å². The molecule has 0 fully saturated rings. The van der Waals surface area contributed by atoms with Gasteiger partial charge in [-0.3, -0.25) is 4.79 Å². The van der Waals surface area contributed by atoms with Gasteiger partial charge in [0.05, 0.1) is 6.26 Å². The lowest BCUT2D eigenvalue weighted by Gasteiger charge is -1.97. The molecule has 0 bridgehead atoms. The predicted octanol–water partition coefficient (Wildman–Crippen LogP) is 1.88. The number of azo groups is 1. The molecule has 0 atom stereocenters. The molecule has 9 heteroatoms. The maximum absolute atomic E-state index is 11.4. The third-order valence-corrected chi connectivity index (χ3v) is 2.22. The van der Waals surface area contributed by atoms with Gasteiger partial charge in [-0.2, -0.15) is 4.98 Å². The maximum Gasteiger partial charge on any atom is 0.396 e. The van der Waals surface area contributed by atoms with E-state index in [1.165, 1.54) is 12.3 Å². The molecule has 1 aliphatic heterocycles. The van der Waals surface area contributed by atoms with Crippen LogP contribution in [0.25, 0.3) is 11.6 Å². The predicted molar refractivity (Wildman–Crippen MR) is 55.2 cm³/mol. The van der Waals surface area contributed by atoms with Crippen LogP contribution in [0, 0.1) is 10.1 Å². The summed E-state index contributed by atoms with van der Waals surface area (Å²) in [5.74, 6) is -1.13. The molecule has 0 saturated carbocycles. The number of carbonyl (C=O) groups is 1. The van der Waals surface area contributed by atoms with Gasteiger partial charge in [0.25, 0.3) is 0 Å². The van der Waals surface area contributed by atoms with Gasteiger partial charge in [-0.1, -0.05) is 0 Å². The average molecular weight is 245 g/mol. The van der Waals surface area contributed by atoms with Crippen LogP contribution >= 0.6 is 0 Å². The SMILES string of the molecule is O=C1N=Nc2c1nc(-c1ccco1)nc2[N+](=O)[O-]. The van der Waals surface area contributed by atoms with E-state index in [0.29, 0.717) is 0 Å². The highest BCUT2D eigenvalue weighted by Crippen LogP contribution is 2.35. The zero-order valence-electron chi connectivity index (χ0n) is 8.60. The number of rotatable bonds is 2. The molecule has 0 N–H and O–H groups in total. The molecular formula is C9H3N5O4. The van der Waals surface area contributed by atoms with Gasteiger partial charge >= 0.3 is 17.5 Å². The molecule has 0 aromatic carbocycles. The summed E-state index contributed by atoms with van der Waals surface area (Å²) in [7, 11) is 0. The number of fused-ring (bicyclic) bond motifs is 1. The first-order valence-electron chi connectivity index (χ1n) is 4.73. The lowest BCUT2D eigenvalue weighted by molar-refractivity contribution is -0.388. The fourth-order valence-electron chi connectivity index (χ4n) is 1.47. The third-order valence-electron chi connectivity index (χ3n) is 2.22. The molecule has 1 aliphatic rings. The molecule has 3 rings (SSSR count). The molecule has 88 valence electrons. The zero-order valence-corrected chi connectivity index (χ0v) is 8.60. The van der Waals surface area contributed by atoms with Gasteiger partial charge in [0.1, 0.15) is 0 Å². The number of carbonyl (C=O) groups excluding carboxylic acids is 1. The van der Waals surface area contributed by atoms with E-state index in [2.05, 4.69) is 20.2 Å². The number of nitrogens with zero attached hydrogens (tertiary/aromatic N) is 5. The van der Waals surface area contributed by atoms with Gasteiger partial charge in [-0.15, -0.1) is 10.2 Å². The monoisotopic (exact) mass is 245 g/mol. The normalized spacial score (nSPS) is 12.8. The molecule has 3 heterocycles. The third kappa shape index (κ3) is 1.38. The molecule has 9 nitrogen and oxygen atoms in total. The van der Waals surface area contributed by atoms with Crippen molar-refractivity contribution >= 4 is 17.4 Å². The summed E-state index contributed by atoms with van der Waals surface area (Å²) in [5.41, 5.74) is -0.414. The summed E-state index contributed by atoms with van der Waals surface area (Å²) in [4.78, 5) is 29.1. The molecular weight excluding hydrogens is 242 g/mol. The minimum absolute atomic E-state index is 0.0499. The van der Waals surface area contributed by atoms with E-state index in [1.807, 2.05) is 0 Å². The van der Waals surface area contributed by atoms with Crippen LogP contribution in [0.2, 0.25) is 0 Å². The minimum atomic E-state index is -0.745. The van der Waals surface area contributed by atoms with E-state index >= 15 is 0 Å². The number of furan rings is 1.